The highest BCUT2D eigenvalue weighted by Gasteiger charge is 2.15. The SMILES string of the molecule is COc1cc(C(=O)NC(C)c2ncn[nH]2)ccc1F. The van der Waals surface area contributed by atoms with Crippen LogP contribution in [-0.4, -0.2) is 28.2 Å². The summed E-state index contributed by atoms with van der Waals surface area (Å²) in [5, 5.41) is 9.09. The van der Waals surface area contributed by atoms with E-state index in [1.54, 1.807) is 6.92 Å². The van der Waals surface area contributed by atoms with Crippen molar-refractivity contribution in [2.75, 3.05) is 7.11 Å². The van der Waals surface area contributed by atoms with E-state index in [4.69, 9.17) is 4.74 Å². The Hall–Kier alpha value is -2.44. The zero-order chi connectivity index (χ0) is 13.8. The van der Waals surface area contributed by atoms with Crippen LogP contribution in [-0.2, 0) is 0 Å². The van der Waals surface area contributed by atoms with Gasteiger partial charge in [0, 0.05) is 5.56 Å². The van der Waals surface area contributed by atoms with Gasteiger partial charge in [0.2, 0.25) is 0 Å². The molecule has 0 bridgehead atoms. The zero-order valence-corrected chi connectivity index (χ0v) is 10.5. The number of halogens is 1. The van der Waals surface area contributed by atoms with Crippen molar-refractivity contribution in [3.63, 3.8) is 0 Å². The van der Waals surface area contributed by atoms with Gasteiger partial charge < -0.3 is 10.1 Å². The van der Waals surface area contributed by atoms with Crippen molar-refractivity contribution in [1.29, 1.82) is 0 Å². The topological polar surface area (TPSA) is 79.9 Å². The summed E-state index contributed by atoms with van der Waals surface area (Å²) in [7, 11) is 1.34. The first-order valence-electron chi connectivity index (χ1n) is 5.61. The van der Waals surface area contributed by atoms with Crippen LogP contribution in [0.4, 0.5) is 4.39 Å². The molecule has 0 aliphatic heterocycles. The maximum atomic E-state index is 13.2. The van der Waals surface area contributed by atoms with E-state index in [1.807, 2.05) is 0 Å². The molecule has 0 saturated carbocycles. The molecule has 1 heterocycles. The van der Waals surface area contributed by atoms with Crippen LogP contribution >= 0.6 is 0 Å². The van der Waals surface area contributed by atoms with Crippen LogP contribution in [0.5, 0.6) is 5.75 Å². The molecule has 7 heteroatoms. The fourth-order valence-corrected chi connectivity index (χ4v) is 1.57. The van der Waals surface area contributed by atoms with E-state index in [9.17, 15) is 9.18 Å². The number of hydrogen-bond acceptors (Lipinski definition) is 4. The highest BCUT2D eigenvalue weighted by Crippen LogP contribution is 2.18. The predicted octanol–water partition coefficient (Wildman–Crippen LogP) is 1.44. The predicted molar refractivity (Wildman–Crippen MR) is 65.2 cm³/mol. The van der Waals surface area contributed by atoms with Crippen LogP contribution in [0.15, 0.2) is 24.5 Å². The summed E-state index contributed by atoms with van der Waals surface area (Å²) in [4.78, 5) is 15.9. The second-order valence-electron chi connectivity index (χ2n) is 3.92. The molecule has 1 atom stereocenters. The Morgan fingerprint density at radius 2 is 2.32 bits per heavy atom. The third kappa shape index (κ3) is 2.87. The van der Waals surface area contributed by atoms with Crippen molar-refractivity contribution in [3.8, 4) is 5.75 Å². The molecule has 2 rings (SSSR count). The van der Waals surface area contributed by atoms with E-state index >= 15 is 0 Å². The summed E-state index contributed by atoms with van der Waals surface area (Å²) in [5.41, 5.74) is 0.310. The first-order chi connectivity index (χ1) is 9.11. The Bertz CT molecular complexity index is 571. The summed E-state index contributed by atoms with van der Waals surface area (Å²) in [6, 6.07) is 3.59. The maximum Gasteiger partial charge on any atom is 0.251 e. The smallest absolute Gasteiger partial charge is 0.251 e. The molecule has 1 unspecified atom stereocenters. The van der Waals surface area contributed by atoms with Crippen LogP contribution in [0.1, 0.15) is 29.1 Å². The number of methoxy groups -OCH3 is 1. The fraction of sp³-hybridized carbons (Fsp3) is 0.250. The lowest BCUT2D eigenvalue weighted by atomic mass is 10.2. The number of nitrogens with one attached hydrogen (secondary N) is 2. The summed E-state index contributed by atoms with van der Waals surface area (Å²) in [6.07, 6.45) is 1.36. The van der Waals surface area contributed by atoms with Crippen molar-refractivity contribution in [1.82, 2.24) is 20.5 Å². The molecule has 1 aromatic carbocycles. The van der Waals surface area contributed by atoms with Gasteiger partial charge in [-0.15, -0.1) is 0 Å². The van der Waals surface area contributed by atoms with Gasteiger partial charge in [-0.1, -0.05) is 0 Å². The standard InChI is InChI=1S/C12H13FN4O2/c1-7(11-14-6-15-17-11)16-12(18)8-3-4-9(13)10(5-8)19-2/h3-7H,1-2H3,(H,16,18)(H,14,15,17). The summed E-state index contributed by atoms with van der Waals surface area (Å²) in [5.74, 6) is -0.285. The molecule has 0 aliphatic rings. The van der Waals surface area contributed by atoms with E-state index in [2.05, 4.69) is 20.5 Å². The Morgan fingerprint density at radius 1 is 1.53 bits per heavy atom. The Kier molecular flexibility index (Phi) is 3.74. The fourth-order valence-electron chi connectivity index (χ4n) is 1.57. The summed E-state index contributed by atoms with van der Waals surface area (Å²) < 4.78 is 18.1. The molecule has 0 saturated heterocycles. The molecule has 1 amide bonds. The van der Waals surface area contributed by atoms with Gasteiger partial charge in [-0.3, -0.25) is 9.89 Å². The highest BCUT2D eigenvalue weighted by atomic mass is 19.1. The number of benzene rings is 1. The van der Waals surface area contributed by atoms with Gasteiger partial charge >= 0.3 is 0 Å². The minimum atomic E-state index is -0.512. The molecule has 100 valence electrons. The van der Waals surface area contributed by atoms with Gasteiger partial charge in [0.15, 0.2) is 11.6 Å². The number of nitrogens with zero attached hydrogens (tertiary/aromatic N) is 2. The van der Waals surface area contributed by atoms with Gasteiger partial charge in [0.1, 0.15) is 12.2 Å². The number of H-pyrrole nitrogens is 1. The highest BCUT2D eigenvalue weighted by molar-refractivity contribution is 5.94. The van der Waals surface area contributed by atoms with Crippen LogP contribution in [0.3, 0.4) is 0 Å². The molecule has 19 heavy (non-hydrogen) atoms. The average Bonchev–Trinajstić information content (AvgIpc) is 2.93. The van der Waals surface area contributed by atoms with Crippen LogP contribution in [0.25, 0.3) is 0 Å². The minimum absolute atomic E-state index is 0.0277. The Labute approximate surface area is 109 Å². The minimum Gasteiger partial charge on any atom is -0.494 e. The lowest BCUT2D eigenvalue weighted by Crippen LogP contribution is -2.27. The van der Waals surface area contributed by atoms with Crippen LogP contribution in [0.2, 0.25) is 0 Å². The van der Waals surface area contributed by atoms with Gasteiger partial charge in [0.05, 0.1) is 13.2 Å². The molecular formula is C12H13FN4O2. The Morgan fingerprint density at radius 3 is 2.95 bits per heavy atom. The molecule has 6 nitrogen and oxygen atoms in total. The maximum absolute atomic E-state index is 13.2. The third-order valence-corrected chi connectivity index (χ3v) is 2.60. The van der Waals surface area contributed by atoms with E-state index in [1.165, 1.54) is 31.6 Å². The van der Waals surface area contributed by atoms with Gasteiger partial charge in [-0.25, -0.2) is 9.37 Å². The number of rotatable bonds is 4. The zero-order valence-electron chi connectivity index (χ0n) is 10.5. The number of hydrogen-bond donors (Lipinski definition) is 2. The lowest BCUT2D eigenvalue weighted by molar-refractivity contribution is 0.0938. The number of aromatic amines is 1. The number of carbonyl (C=O) groups is 1. The molecular weight excluding hydrogens is 251 g/mol. The van der Waals surface area contributed by atoms with Gasteiger partial charge in [-0.05, 0) is 25.1 Å². The number of ether oxygens (including phenoxy) is 1. The molecule has 0 fully saturated rings. The molecule has 0 radical (unpaired) electrons. The second kappa shape index (κ2) is 5.47. The van der Waals surface area contributed by atoms with E-state index < -0.39 is 5.82 Å². The van der Waals surface area contributed by atoms with Gasteiger partial charge in [0.25, 0.3) is 5.91 Å². The van der Waals surface area contributed by atoms with E-state index in [-0.39, 0.29) is 17.7 Å². The van der Waals surface area contributed by atoms with Crippen molar-refractivity contribution in [2.24, 2.45) is 0 Å². The van der Waals surface area contributed by atoms with Crippen LogP contribution < -0.4 is 10.1 Å². The quantitative estimate of drug-likeness (QED) is 0.875. The van der Waals surface area contributed by atoms with Gasteiger partial charge in [-0.2, -0.15) is 5.10 Å². The normalized spacial score (nSPS) is 11.9. The molecule has 0 spiro atoms. The monoisotopic (exact) mass is 264 g/mol. The number of carbonyl (C=O) groups excluding carboxylic acids is 1. The number of aromatic nitrogens is 3. The average molecular weight is 264 g/mol. The molecule has 2 N–H and O–H groups in total. The van der Waals surface area contributed by atoms with E-state index in [0.29, 0.717) is 11.4 Å². The van der Waals surface area contributed by atoms with Crippen molar-refractivity contribution < 1.29 is 13.9 Å². The number of amides is 1. The van der Waals surface area contributed by atoms with Crippen molar-refractivity contribution >= 4 is 5.91 Å². The van der Waals surface area contributed by atoms with Crippen LogP contribution in [0, 0.1) is 5.82 Å². The first kappa shape index (κ1) is 13.0. The van der Waals surface area contributed by atoms with Crippen molar-refractivity contribution in [3.05, 3.63) is 41.7 Å². The van der Waals surface area contributed by atoms with Crippen molar-refractivity contribution in [2.45, 2.75) is 13.0 Å². The third-order valence-electron chi connectivity index (χ3n) is 2.60. The molecule has 1 aromatic heterocycles. The molecule has 2 aromatic rings. The molecule has 0 aliphatic carbocycles. The largest absolute Gasteiger partial charge is 0.494 e. The Balaban J connectivity index is 2.12. The second-order valence-corrected chi connectivity index (χ2v) is 3.92. The summed E-state index contributed by atoms with van der Waals surface area (Å²) >= 11 is 0. The summed E-state index contributed by atoms with van der Waals surface area (Å²) in [6.45, 7) is 1.76. The first-order valence-corrected chi connectivity index (χ1v) is 5.61. The lowest BCUT2D eigenvalue weighted by Gasteiger charge is -2.11. The van der Waals surface area contributed by atoms with E-state index in [0.717, 1.165) is 0 Å².